The highest BCUT2D eigenvalue weighted by molar-refractivity contribution is 9.10. The van der Waals surface area contributed by atoms with Crippen molar-refractivity contribution in [3.05, 3.63) is 84.1 Å². The monoisotopic (exact) mass is 457 g/mol. The van der Waals surface area contributed by atoms with Crippen LogP contribution in [-0.4, -0.2) is 9.78 Å². The van der Waals surface area contributed by atoms with Gasteiger partial charge in [-0.1, -0.05) is 53.0 Å². The Morgan fingerprint density at radius 3 is 2.44 bits per heavy atom. The molecule has 0 atom stereocenters. The Labute approximate surface area is 167 Å². The van der Waals surface area contributed by atoms with Crippen molar-refractivity contribution in [3.8, 4) is 5.69 Å². The van der Waals surface area contributed by atoms with Crippen LogP contribution < -0.4 is 10.9 Å². The van der Waals surface area contributed by atoms with E-state index < -0.39 is 0 Å². The fraction of sp³-hybridized carbons (Fsp3) is 0.0588. The van der Waals surface area contributed by atoms with Gasteiger partial charge in [0.15, 0.2) is 0 Å². The molecule has 0 saturated carbocycles. The Morgan fingerprint density at radius 1 is 1.08 bits per heavy atom. The van der Waals surface area contributed by atoms with Gasteiger partial charge in [0.1, 0.15) is 10.2 Å². The van der Waals surface area contributed by atoms with Gasteiger partial charge in [-0.25, -0.2) is 0 Å². The van der Waals surface area contributed by atoms with Crippen LogP contribution in [0.1, 0.15) is 5.56 Å². The molecular weight excluding hydrogens is 448 g/mol. The highest BCUT2D eigenvalue weighted by Gasteiger charge is 2.15. The van der Waals surface area contributed by atoms with Crippen LogP contribution in [0.2, 0.25) is 15.1 Å². The number of para-hydroxylation sites is 1. The number of aromatic nitrogens is 2. The molecular formula is C17H11BrCl3N3O. The second-order valence-electron chi connectivity index (χ2n) is 5.14. The van der Waals surface area contributed by atoms with Crippen LogP contribution >= 0.6 is 50.7 Å². The summed E-state index contributed by atoms with van der Waals surface area (Å²) in [7, 11) is 0. The molecule has 4 nitrogen and oxygen atoms in total. The molecule has 1 aromatic heterocycles. The van der Waals surface area contributed by atoms with Gasteiger partial charge in [0.05, 0.1) is 21.9 Å². The summed E-state index contributed by atoms with van der Waals surface area (Å²) in [4.78, 5) is 12.6. The molecule has 25 heavy (non-hydrogen) atoms. The minimum Gasteiger partial charge on any atom is -0.379 e. The number of halogens is 4. The Bertz CT molecular complexity index is 971. The van der Waals surface area contributed by atoms with E-state index in [-0.39, 0.29) is 5.56 Å². The van der Waals surface area contributed by atoms with Gasteiger partial charge in [-0.05, 0) is 45.8 Å². The Hall–Kier alpha value is -1.53. The topological polar surface area (TPSA) is 46.9 Å². The van der Waals surface area contributed by atoms with E-state index in [0.29, 0.717) is 37.5 Å². The van der Waals surface area contributed by atoms with Gasteiger partial charge in [0.2, 0.25) is 0 Å². The van der Waals surface area contributed by atoms with E-state index in [2.05, 4.69) is 26.3 Å². The third-order valence-corrected chi connectivity index (χ3v) is 5.05. The van der Waals surface area contributed by atoms with Crippen LogP contribution in [0.15, 0.2) is 57.9 Å². The lowest BCUT2D eigenvalue weighted by Crippen LogP contribution is -2.23. The average molecular weight is 460 g/mol. The summed E-state index contributed by atoms with van der Waals surface area (Å²) in [6.45, 7) is 0.497. The lowest BCUT2D eigenvalue weighted by atomic mass is 10.2. The molecule has 3 rings (SSSR count). The van der Waals surface area contributed by atoms with E-state index in [1.54, 1.807) is 24.3 Å². The molecule has 0 aliphatic rings. The zero-order valence-electron chi connectivity index (χ0n) is 12.6. The van der Waals surface area contributed by atoms with Crippen molar-refractivity contribution in [1.82, 2.24) is 9.78 Å². The zero-order valence-corrected chi connectivity index (χ0v) is 16.5. The number of benzene rings is 2. The first kappa shape index (κ1) is 18.3. The SMILES string of the molecule is O=c1c(Br)c(NCc2cccc(Cl)c2)cnn1-c1c(Cl)cccc1Cl. The van der Waals surface area contributed by atoms with Crippen LogP contribution in [-0.2, 0) is 6.54 Å². The number of hydrogen-bond donors (Lipinski definition) is 1. The second kappa shape index (κ2) is 7.79. The predicted molar refractivity (Wildman–Crippen MR) is 106 cm³/mol. The van der Waals surface area contributed by atoms with Gasteiger partial charge in [-0.2, -0.15) is 9.78 Å². The van der Waals surface area contributed by atoms with Crippen LogP contribution in [0, 0.1) is 0 Å². The molecule has 3 aromatic rings. The minimum atomic E-state index is -0.369. The van der Waals surface area contributed by atoms with Crippen LogP contribution in [0.5, 0.6) is 0 Å². The van der Waals surface area contributed by atoms with E-state index in [9.17, 15) is 4.79 Å². The third kappa shape index (κ3) is 4.01. The van der Waals surface area contributed by atoms with Crippen molar-refractivity contribution in [3.63, 3.8) is 0 Å². The first-order valence-electron chi connectivity index (χ1n) is 7.18. The van der Waals surface area contributed by atoms with Crippen LogP contribution in [0.25, 0.3) is 5.69 Å². The molecule has 2 aromatic carbocycles. The molecule has 0 fully saturated rings. The summed E-state index contributed by atoms with van der Waals surface area (Å²) < 4.78 is 1.50. The summed E-state index contributed by atoms with van der Waals surface area (Å²) in [5, 5.41) is 8.67. The fourth-order valence-corrected chi connectivity index (χ4v) is 3.43. The number of anilines is 1. The number of rotatable bonds is 4. The molecule has 0 bridgehead atoms. The van der Waals surface area contributed by atoms with Crippen molar-refractivity contribution >= 4 is 56.4 Å². The maximum atomic E-state index is 12.6. The maximum Gasteiger partial charge on any atom is 0.288 e. The summed E-state index contributed by atoms with van der Waals surface area (Å²) in [5.74, 6) is 0. The first-order valence-corrected chi connectivity index (χ1v) is 9.10. The van der Waals surface area contributed by atoms with Crippen molar-refractivity contribution < 1.29 is 0 Å². The van der Waals surface area contributed by atoms with E-state index in [0.717, 1.165) is 5.56 Å². The molecule has 0 saturated heterocycles. The molecule has 0 amide bonds. The third-order valence-electron chi connectivity index (χ3n) is 3.44. The van der Waals surface area contributed by atoms with Crippen molar-refractivity contribution in [1.29, 1.82) is 0 Å². The Morgan fingerprint density at radius 2 is 1.76 bits per heavy atom. The van der Waals surface area contributed by atoms with Gasteiger partial charge >= 0.3 is 0 Å². The molecule has 0 unspecified atom stereocenters. The van der Waals surface area contributed by atoms with Gasteiger partial charge in [-0.3, -0.25) is 4.79 Å². The molecule has 128 valence electrons. The average Bonchev–Trinajstić information content (AvgIpc) is 2.58. The van der Waals surface area contributed by atoms with Crippen LogP contribution in [0.4, 0.5) is 5.69 Å². The lowest BCUT2D eigenvalue weighted by Gasteiger charge is -2.12. The van der Waals surface area contributed by atoms with Crippen LogP contribution in [0.3, 0.4) is 0 Å². The molecule has 1 N–H and O–H groups in total. The molecule has 0 aliphatic heterocycles. The molecule has 1 heterocycles. The quantitative estimate of drug-likeness (QED) is 0.555. The molecule has 0 radical (unpaired) electrons. The highest BCUT2D eigenvalue weighted by Crippen LogP contribution is 2.28. The molecule has 0 spiro atoms. The minimum absolute atomic E-state index is 0.334. The summed E-state index contributed by atoms with van der Waals surface area (Å²) >= 11 is 21.6. The second-order valence-corrected chi connectivity index (χ2v) is 7.19. The standard InChI is InChI=1S/C17H11BrCl3N3O/c18-15-14(22-8-10-3-1-4-11(19)7-10)9-23-24(17(15)25)16-12(20)5-2-6-13(16)21/h1-7,9,22H,8H2. The van der Waals surface area contributed by atoms with E-state index in [1.165, 1.54) is 10.9 Å². The molecule has 8 heteroatoms. The van der Waals surface area contributed by atoms with Gasteiger partial charge < -0.3 is 5.32 Å². The lowest BCUT2D eigenvalue weighted by molar-refractivity contribution is 0.801. The maximum absolute atomic E-state index is 12.6. The van der Waals surface area contributed by atoms with Gasteiger partial charge in [-0.15, -0.1) is 0 Å². The fourth-order valence-electron chi connectivity index (χ4n) is 2.25. The number of hydrogen-bond acceptors (Lipinski definition) is 3. The molecule has 0 aliphatic carbocycles. The van der Waals surface area contributed by atoms with E-state index in [4.69, 9.17) is 34.8 Å². The highest BCUT2D eigenvalue weighted by atomic mass is 79.9. The Kier molecular flexibility index (Phi) is 5.69. The van der Waals surface area contributed by atoms with Gasteiger partial charge in [0.25, 0.3) is 5.56 Å². The first-order chi connectivity index (χ1) is 12.0. The zero-order chi connectivity index (χ0) is 18.0. The normalized spacial score (nSPS) is 10.7. The van der Waals surface area contributed by atoms with E-state index >= 15 is 0 Å². The summed E-state index contributed by atoms with van der Waals surface area (Å²) in [6, 6.07) is 12.5. The van der Waals surface area contributed by atoms with Gasteiger partial charge in [0, 0.05) is 11.6 Å². The summed E-state index contributed by atoms with van der Waals surface area (Å²) in [5.41, 5.74) is 1.52. The van der Waals surface area contributed by atoms with Crippen molar-refractivity contribution in [2.45, 2.75) is 6.54 Å². The van der Waals surface area contributed by atoms with Crippen molar-refractivity contribution in [2.24, 2.45) is 0 Å². The smallest absolute Gasteiger partial charge is 0.288 e. The summed E-state index contributed by atoms with van der Waals surface area (Å²) in [6.07, 6.45) is 1.54. The predicted octanol–water partition coefficient (Wildman–Crippen LogP) is 5.57. The van der Waals surface area contributed by atoms with E-state index in [1.807, 2.05) is 18.2 Å². The Balaban J connectivity index is 1.92. The largest absolute Gasteiger partial charge is 0.379 e. The number of nitrogens with one attached hydrogen (secondary N) is 1. The van der Waals surface area contributed by atoms with Crippen molar-refractivity contribution in [2.75, 3.05) is 5.32 Å². The number of nitrogens with zero attached hydrogens (tertiary/aromatic N) is 2.